The van der Waals surface area contributed by atoms with Crippen LogP contribution < -0.4 is 5.73 Å². The van der Waals surface area contributed by atoms with Crippen molar-refractivity contribution in [1.82, 2.24) is 0 Å². The lowest BCUT2D eigenvalue weighted by atomic mass is 10.2. The van der Waals surface area contributed by atoms with Crippen molar-refractivity contribution in [2.75, 3.05) is 13.2 Å². The van der Waals surface area contributed by atoms with Crippen LogP contribution in [0.15, 0.2) is 24.3 Å². The van der Waals surface area contributed by atoms with E-state index in [1.54, 1.807) is 12.1 Å². The molecule has 0 unspecified atom stereocenters. The maximum absolute atomic E-state index is 8.97. The predicted molar refractivity (Wildman–Crippen MR) is 46.8 cm³/mol. The largest absolute Gasteiger partial charge is 0.508 e. The standard InChI is InChI=1S/C9H13NO2/c10-5-6-12-7-8-1-3-9(11)4-2-8/h1-4,11H,5-7,10H2. The van der Waals surface area contributed by atoms with Gasteiger partial charge in [0.2, 0.25) is 0 Å². The van der Waals surface area contributed by atoms with Gasteiger partial charge in [0.15, 0.2) is 0 Å². The molecule has 3 nitrogen and oxygen atoms in total. The summed E-state index contributed by atoms with van der Waals surface area (Å²) in [5.74, 6) is 0.276. The van der Waals surface area contributed by atoms with Crippen LogP contribution in [0, 0.1) is 0 Å². The molecule has 0 amide bonds. The summed E-state index contributed by atoms with van der Waals surface area (Å²) in [7, 11) is 0. The van der Waals surface area contributed by atoms with Crippen molar-refractivity contribution in [3.05, 3.63) is 29.8 Å². The third-order valence-corrected chi connectivity index (χ3v) is 1.47. The van der Waals surface area contributed by atoms with E-state index in [1.165, 1.54) is 0 Å². The van der Waals surface area contributed by atoms with Gasteiger partial charge in [0.1, 0.15) is 5.75 Å². The second-order valence-electron chi connectivity index (χ2n) is 2.51. The van der Waals surface area contributed by atoms with Gasteiger partial charge in [-0.1, -0.05) is 12.1 Å². The molecule has 1 aromatic carbocycles. The summed E-state index contributed by atoms with van der Waals surface area (Å²) in [5, 5.41) is 8.97. The fourth-order valence-corrected chi connectivity index (χ4v) is 0.866. The topological polar surface area (TPSA) is 55.5 Å². The Morgan fingerprint density at radius 1 is 1.25 bits per heavy atom. The SMILES string of the molecule is NCCOCc1ccc(O)cc1. The Hall–Kier alpha value is -1.06. The summed E-state index contributed by atoms with van der Waals surface area (Å²) in [4.78, 5) is 0. The first-order chi connectivity index (χ1) is 5.83. The summed E-state index contributed by atoms with van der Waals surface area (Å²) in [6.07, 6.45) is 0. The maximum Gasteiger partial charge on any atom is 0.115 e. The number of phenols is 1. The van der Waals surface area contributed by atoms with Gasteiger partial charge in [-0.15, -0.1) is 0 Å². The third kappa shape index (κ3) is 2.90. The Kier molecular flexibility index (Phi) is 3.57. The second-order valence-corrected chi connectivity index (χ2v) is 2.51. The minimum atomic E-state index is 0.276. The highest BCUT2D eigenvalue weighted by Gasteiger charge is 1.92. The average molecular weight is 167 g/mol. The van der Waals surface area contributed by atoms with Gasteiger partial charge in [-0.25, -0.2) is 0 Å². The molecule has 1 aromatic rings. The number of hydrogen-bond acceptors (Lipinski definition) is 3. The fourth-order valence-electron chi connectivity index (χ4n) is 0.866. The molecular formula is C9H13NO2. The van der Waals surface area contributed by atoms with Gasteiger partial charge in [0.05, 0.1) is 13.2 Å². The minimum Gasteiger partial charge on any atom is -0.508 e. The molecule has 0 saturated carbocycles. The van der Waals surface area contributed by atoms with Gasteiger partial charge >= 0.3 is 0 Å². The number of rotatable bonds is 4. The van der Waals surface area contributed by atoms with E-state index in [1.807, 2.05) is 12.1 Å². The van der Waals surface area contributed by atoms with Gasteiger partial charge in [-0.3, -0.25) is 0 Å². The van der Waals surface area contributed by atoms with Gasteiger partial charge in [0, 0.05) is 6.54 Å². The van der Waals surface area contributed by atoms with Crippen molar-refractivity contribution < 1.29 is 9.84 Å². The van der Waals surface area contributed by atoms with Crippen LogP contribution in [0.25, 0.3) is 0 Å². The fraction of sp³-hybridized carbons (Fsp3) is 0.333. The Morgan fingerprint density at radius 3 is 2.50 bits per heavy atom. The maximum atomic E-state index is 8.97. The molecule has 0 atom stereocenters. The molecule has 0 bridgehead atoms. The second kappa shape index (κ2) is 4.74. The zero-order valence-corrected chi connectivity index (χ0v) is 6.86. The number of phenolic OH excluding ortho intramolecular Hbond substituents is 1. The number of hydrogen-bond donors (Lipinski definition) is 2. The zero-order valence-electron chi connectivity index (χ0n) is 6.86. The van der Waals surface area contributed by atoms with Crippen LogP contribution in [-0.2, 0) is 11.3 Å². The van der Waals surface area contributed by atoms with Crippen molar-refractivity contribution in [2.45, 2.75) is 6.61 Å². The van der Waals surface area contributed by atoms with Gasteiger partial charge in [-0.05, 0) is 17.7 Å². The van der Waals surface area contributed by atoms with Gasteiger partial charge in [0.25, 0.3) is 0 Å². The lowest BCUT2D eigenvalue weighted by Gasteiger charge is -2.01. The molecule has 1 rings (SSSR count). The quantitative estimate of drug-likeness (QED) is 0.654. The Labute approximate surface area is 71.8 Å². The molecule has 3 heteroatoms. The molecule has 0 aliphatic heterocycles. The van der Waals surface area contributed by atoms with E-state index in [0.717, 1.165) is 5.56 Å². The first-order valence-electron chi connectivity index (χ1n) is 3.88. The number of ether oxygens (including phenoxy) is 1. The van der Waals surface area contributed by atoms with Crippen LogP contribution >= 0.6 is 0 Å². The van der Waals surface area contributed by atoms with Crippen LogP contribution in [-0.4, -0.2) is 18.3 Å². The van der Waals surface area contributed by atoms with Crippen LogP contribution in [0.1, 0.15) is 5.56 Å². The average Bonchev–Trinajstić information content (AvgIpc) is 2.09. The molecule has 0 aliphatic rings. The molecule has 0 heterocycles. The van der Waals surface area contributed by atoms with E-state index < -0.39 is 0 Å². The van der Waals surface area contributed by atoms with Crippen LogP contribution in [0.2, 0.25) is 0 Å². The monoisotopic (exact) mass is 167 g/mol. The normalized spacial score (nSPS) is 10.1. The number of benzene rings is 1. The molecule has 66 valence electrons. The van der Waals surface area contributed by atoms with E-state index in [4.69, 9.17) is 15.6 Å². The van der Waals surface area contributed by atoms with Crippen LogP contribution in [0.3, 0.4) is 0 Å². The predicted octanol–water partition coefficient (Wildman–Crippen LogP) is 0.867. The Bertz CT molecular complexity index is 220. The van der Waals surface area contributed by atoms with Crippen molar-refractivity contribution in [1.29, 1.82) is 0 Å². The lowest BCUT2D eigenvalue weighted by Crippen LogP contribution is -2.07. The van der Waals surface area contributed by atoms with E-state index in [9.17, 15) is 0 Å². The molecule has 0 saturated heterocycles. The third-order valence-electron chi connectivity index (χ3n) is 1.47. The summed E-state index contributed by atoms with van der Waals surface area (Å²) in [6, 6.07) is 6.93. The first kappa shape index (κ1) is 9.03. The summed E-state index contributed by atoms with van der Waals surface area (Å²) >= 11 is 0. The lowest BCUT2D eigenvalue weighted by molar-refractivity contribution is 0.128. The van der Waals surface area contributed by atoms with Gasteiger partial charge in [-0.2, -0.15) is 0 Å². The molecular weight excluding hydrogens is 154 g/mol. The minimum absolute atomic E-state index is 0.276. The molecule has 12 heavy (non-hydrogen) atoms. The van der Waals surface area contributed by atoms with E-state index >= 15 is 0 Å². The van der Waals surface area contributed by atoms with Crippen molar-refractivity contribution in [3.63, 3.8) is 0 Å². The number of aromatic hydroxyl groups is 1. The van der Waals surface area contributed by atoms with Crippen molar-refractivity contribution >= 4 is 0 Å². The highest BCUT2D eigenvalue weighted by Crippen LogP contribution is 2.09. The molecule has 0 radical (unpaired) electrons. The molecule has 0 fully saturated rings. The Balaban J connectivity index is 2.37. The van der Waals surface area contributed by atoms with Crippen molar-refractivity contribution in [2.24, 2.45) is 5.73 Å². The first-order valence-corrected chi connectivity index (χ1v) is 3.88. The smallest absolute Gasteiger partial charge is 0.115 e. The molecule has 0 aromatic heterocycles. The molecule has 0 aliphatic carbocycles. The number of nitrogens with two attached hydrogens (primary N) is 1. The van der Waals surface area contributed by atoms with E-state index in [0.29, 0.717) is 19.8 Å². The summed E-state index contributed by atoms with van der Waals surface area (Å²) in [5.41, 5.74) is 6.29. The van der Waals surface area contributed by atoms with E-state index in [2.05, 4.69) is 0 Å². The Morgan fingerprint density at radius 2 is 1.92 bits per heavy atom. The summed E-state index contributed by atoms with van der Waals surface area (Å²) < 4.78 is 5.20. The molecule has 3 N–H and O–H groups in total. The molecule has 0 spiro atoms. The van der Waals surface area contributed by atoms with Gasteiger partial charge < -0.3 is 15.6 Å². The zero-order chi connectivity index (χ0) is 8.81. The summed E-state index contributed by atoms with van der Waals surface area (Å²) in [6.45, 7) is 1.66. The van der Waals surface area contributed by atoms with Crippen molar-refractivity contribution in [3.8, 4) is 5.75 Å². The van der Waals surface area contributed by atoms with Crippen LogP contribution in [0.4, 0.5) is 0 Å². The van der Waals surface area contributed by atoms with Crippen LogP contribution in [0.5, 0.6) is 5.75 Å². The highest BCUT2D eigenvalue weighted by atomic mass is 16.5. The highest BCUT2D eigenvalue weighted by molar-refractivity contribution is 5.25. The van der Waals surface area contributed by atoms with E-state index in [-0.39, 0.29) is 5.75 Å².